The van der Waals surface area contributed by atoms with Crippen LogP contribution in [0.1, 0.15) is 15.9 Å². The zero-order valence-corrected chi connectivity index (χ0v) is 11.2. The summed E-state index contributed by atoms with van der Waals surface area (Å²) in [5.41, 5.74) is 2.82. The zero-order chi connectivity index (χ0) is 14.1. The minimum Gasteiger partial charge on any atom is -0.465 e. The summed E-state index contributed by atoms with van der Waals surface area (Å²) in [6, 6.07) is 11.3. The summed E-state index contributed by atoms with van der Waals surface area (Å²) in [6.07, 6.45) is 1.63. The summed E-state index contributed by atoms with van der Waals surface area (Å²) in [5, 5.41) is 0.662. The fourth-order valence-electron chi connectivity index (χ4n) is 2.15. The van der Waals surface area contributed by atoms with Crippen molar-refractivity contribution in [2.45, 2.75) is 6.92 Å². The molecule has 0 aliphatic heterocycles. The summed E-state index contributed by atoms with van der Waals surface area (Å²) in [7, 11) is 1.36. The molecule has 0 unspecified atom stereocenters. The number of rotatable bonds is 2. The lowest BCUT2D eigenvalue weighted by Gasteiger charge is -2.02. The molecule has 0 amide bonds. The van der Waals surface area contributed by atoms with Crippen molar-refractivity contribution in [3.8, 4) is 11.3 Å². The molecule has 0 saturated heterocycles. The Bertz CT molecular complexity index is 772. The molecule has 3 rings (SSSR count). The van der Waals surface area contributed by atoms with Gasteiger partial charge < -0.3 is 9.15 Å². The van der Waals surface area contributed by atoms with E-state index in [0.29, 0.717) is 22.4 Å². The third kappa shape index (κ3) is 1.95. The number of aromatic nitrogens is 1. The van der Waals surface area contributed by atoms with Crippen molar-refractivity contribution in [3.05, 3.63) is 53.7 Å². The van der Waals surface area contributed by atoms with Crippen LogP contribution in [0.5, 0.6) is 0 Å². The van der Waals surface area contributed by atoms with E-state index in [4.69, 9.17) is 9.15 Å². The lowest BCUT2D eigenvalue weighted by Crippen LogP contribution is -2.01. The van der Waals surface area contributed by atoms with Gasteiger partial charge in [-0.1, -0.05) is 29.8 Å². The highest BCUT2D eigenvalue weighted by molar-refractivity contribution is 6.07. The fourth-order valence-corrected chi connectivity index (χ4v) is 2.15. The first-order valence-corrected chi connectivity index (χ1v) is 6.23. The highest BCUT2D eigenvalue weighted by atomic mass is 16.5. The Morgan fingerprint density at radius 2 is 1.95 bits per heavy atom. The largest absolute Gasteiger partial charge is 0.465 e. The number of carbonyl (C=O) groups is 1. The molecule has 0 N–H and O–H groups in total. The maximum absolute atomic E-state index is 12.0. The van der Waals surface area contributed by atoms with Gasteiger partial charge in [0.25, 0.3) is 0 Å². The summed E-state index contributed by atoms with van der Waals surface area (Å²) in [4.78, 5) is 16.2. The van der Waals surface area contributed by atoms with Crippen LogP contribution in [0.15, 0.2) is 47.0 Å². The molecule has 0 aliphatic rings. The molecule has 2 heterocycles. The van der Waals surface area contributed by atoms with E-state index < -0.39 is 5.97 Å². The number of nitrogens with zero attached hydrogens (tertiary/aromatic N) is 1. The normalized spacial score (nSPS) is 10.7. The quantitative estimate of drug-likeness (QED) is 0.666. The van der Waals surface area contributed by atoms with Gasteiger partial charge in [-0.2, -0.15) is 0 Å². The van der Waals surface area contributed by atoms with Crippen LogP contribution in [0.2, 0.25) is 0 Å². The van der Waals surface area contributed by atoms with Gasteiger partial charge in [0.2, 0.25) is 5.71 Å². The molecule has 0 saturated carbocycles. The van der Waals surface area contributed by atoms with Crippen LogP contribution < -0.4 is 0 Å². The van der Waals surface area contributed by atoms with Crippen molar-refractivity contribution < 1.29 is 13.9 Å². The van der Waals surface area contributed by atoms with Crippen molar-refractivity contribution >= 4 is 17.1 Å². The molecule has 0 atom stereocenters. The van der Waals surface area contributed by atoms with Crippen LogP contribution in [0.4, 0.5) is 0 Å². The third-order valence-corrected chi connectivity index (χ3v) is 3.17. The van der Waals surface area contributed by atoms with E-state index >= 15 is 0 Å². The van der Waals surface area contributed by atoms with E-state index in [1.54, 1.807) is 18.3 Å². The van der Waals surface area contributed by atoms with Gasteiger partial charge in [0, 0.05) is 11.8 Å². The predicted octanol–water partition coefficient (Wildman–Crippen LogP) is 3.59. The molecule has 0 bridgehead atoms. The molecule has 4 nitrogen and oxygen atoms in total. The van der Waals surface area contributed by atoms with Gasteiger partial charge in [-0.15, -0.1) is 0 Å². The molecule has 20 heavy (non-hydrogen) atoms. The van der Waals surface area contributed by atoms with Crippen LogP contribution in [0.25, 0.3) is 22.4 Å². The fraction of sp³-hybridized carbons (Fsp3) is 0.125. The molecule has 3 aromatic rings. The van der Waals surface area contributed by atoms with Crippen molar-refractivity contribution in [2.24, 2.45) is 0 Å². The summed E-state index contributed by atoms with van der Waals surface area (Å²) in [6.45, 7) is 2.01. The number of ether oxygens (including phenoxy) is 1. The Hall–Kier alpha value is -2.62. The van der Waals surface area contributed by atoms with Gasteiger partial charge in [0.05, 0.1) is 12.5 Å². The van der Waals surface area contributed by atoms with Crippen LogP contribution in [-0.4, -0.2) is 18.1 Å². The van der Waals surface area contributed by atoms with Crippen molar-refractivity contribution in [3.63, 3.8) is 0 Å². The molecule has 0 aliphatic carbocycles. The highest BCUT2D eigenvalue weighted by Gasteiger charge is 2.23. The second kappa shape index (κ2) is 4.81. The smallest absolute Gasteiger partial charge is 0.342 e. The third-order valence-electron chi connectivity index (χ3n) is 3.17. The molecule has 4 heteroatoms. The average Bonchev–Trinajstić information content (AvgIpc) is 2.86. The molecule has 0 spiro atoms. The SMILES string of the molecule is COC(=O)c1c(-c2ccc(C)cc2)oc2ncccc12. The maximum atomic E-state index is 12.0. The Morgan fingerprint density at radius 1 is 1.20 bits per heavy atom. The van der Waals surface area contributed by atoms with E-state index in [-0.39, 0.29) is 0 Å². The summed E-state index contributed by atoms with van der Waals surface area (Å²) in [5.74, 6) is 0.0675. The number of methoxy groups -OCH3 is 1. The van der Waals surface area contributed by atoms with E-state index in [0.717, 1.165) is 11.1 Å². The first-order valence-electron chi connectivity index (χ1n) is 6.23. The van der Waals surface area contributed by atoms with E-state index in [9.17, 15) is 4.79 Å². The standard InChI is InChI=1S/C16H13NO3/c1-10-5-7-11(8-6-10)14-13(16(18)19-2)12-4-3-9-17-15(12)20-14/h3-9H,1-2H3. The summed E-state index contributed by atoms with van der Waals surface area (Å²) < 4.78 is 10.6. The van der Waals surface area contributed by atoms with Gasteiger partial charge in [-0.25, -0.2) is 9.78 Å². The molecular formula is C16H13NO3. The van der Waals surface area contributed by atoms with E-state index in [1.807, 2.05) is 31.2 Å². The number of hydrogen-bond acceptors (Lipinski definition) is 4. The first-order chi connectivity index (χ1) is 9.70. The number of carbonyl (C=O) groups excluding carboxylic acids is 1. The monoisotopic (exact) mass is 267 g/mol. The second-order valence-electron chi connectivity index (χ2n) is 4.52. The number of benzene rings is 1. The van der Waals surface area contributed by atoms with Crippen molar-refractivity contribution in [1.82, 2.24) is 4.98 Å². The second-order valence-corrected chi connectivity index (χ2v) is 4.52. The Morgan fingerprint density at radius 3 is 2.65 bits per heavy atom. The van der Waals surface area contributed by atoms with Crippen molar-refractivity contribution in [1.29, 1.82) is 0 Å². The number of hydrogen-bond donors (Lipinski definition) is 0. The van der Waals surface area contributed by atoms with Crippen LogP contribution >= 0.6 is 0 Å². The minimum absolute atomic E-state index is 0.416. The van der Waals surface area contributed by atoms with Crippen molar-refractivity contribution in [2.75, 3.05) is 7.11 Å². The molecule has 100 valence electrons. The molecule has 2 aromatic heterocycles. The zero-order valence-electron chi connectivity index (χ0n) is 11.2. The lowest BCUT2D eigenvalue weighted by atomic mass is 10.1. The molecule has 0 radical (unpaired) electrons. The van der Waals surface area contributed by atoms with Crippen LogP contribution in [0, 0.1) is 6.92 Å². The average molecular weight is 267 g/mol. The topological polar surface area (TPSA) is 52.3 Å². The Kier molecular flexibility index (Phi) is 2.99. The Balaban J connectivity index is 2.29. The number of pyridine rings is 1. The number of esters is 1. The first kappa shape index (κ1) is 12.4. The van der Waals surface area contributed by atoms with Gasteiger partial charge in [0.15, 0.2) is 5.76 Å². The van der Waals surface area contributed by atoms with Crippen LogP contribution in [0.3, 0.4) is 0 Å². The Labute approximate surface area is 116 Å². The van der Waals surface area contributed by atoms with Gasteiger partial charge in [0.1, 0.15) is 5.56 Å². The van der Waals surface area contributed by atoms with Gasteiger partial charge in [-0.05, 0) is 19.1 Å². The lowest BCUT2D eigenvalue weighted by molar-refractivity contribution is 0.0603. The number of furan rings is 1. The highest BCUT2D eigenvalue weighted by Crippen LogP contribution is 2.33. The van der Waals surface area contributed by atoms with Crippen LogP contribution in [-0.2, 0) is 4.74 Å². The molecular weight excluding hydrogens is 254 g/mol. The van der Waals surface area contributed by atoms with Gasteiger partial charge >= 0.3 is 5.97 Å². The summed E-state index contributed by atoms with van der Waals surface area (Å²) >= 11 is 0. The molecule has 1 aromatic carbocycles. The minimum atomic E-state index is -0.424. The van der Waals surface area contributed by atoms with Gasteiger partial charge in [-0.3, -0.25) is 0 Å². The number of fused-ring (bicyclic) bond motifs is 1. The van der Waals surface area contributed by atoms with E-state index in [2.05, 4.69) is 4.98 Å². The van der Waals surface area contributed by atoms with E-state index in [1.165, 1.54) is 7.11 Å². The molecule has 0 fully saturated rings. The number of aryl methyl sites for hydroxylation is 1. The maximum Gasteiger partial charge on any atom is 0.342 e. The predicted molar refractivity (Wildman–Crippen MR) is 75.5 cm³/mol.